The molecule has 0 saturated heterocycles. The van der Waals surface area contributed by atoms with E-state index in [0.29, 0.717) is 0 Å². The van der Waals surface area contributed by atoms with Gasteiger partial charge in [-0.1, -0.05) is 18.1 Å². The number of hydrogen-bond donors (Lipinski definition) is 0. The van der Waals surface area contributed by atoms with E-state index in [4.69, 9.17) is 0 Å². The summed E-state index contributed by atoms with van der Waals surface area (Å²) in [6.45, 7) is 9.26. The Labute approximate surface area is 82.8 Å². The molecule has 0 heterocycles. The van der Waals surface area contributed by atoms with Gasteiger partial charge in [-0.2, -0.15) is 0 Å². The van der Waals surface area contributed by atoms with E-state index in [1.807, 2.05) is 0 Å². The molecule has 0 radical (unpaired) electrons. The molecule has 76 valence electrons. The van der Waals surface area contributed by atoms with E-state index < -0.39 is 0 Å². The van der Waals surface area contributed by atoms with Gasteiger partial charge in [-0.3, -0.25) is 0 Å². The van der Waals surface area contributed by atoms with Crippen molar-refractivity contribution in [3.05, 3.63) is 11.1 Å². The molecule has 0 aromatic carbocycles. The molecule has 0 N–H and O–H groups in total. The van der Waals surface area contributed by atoms with E-state index in [-0.39, 0.29) is 0 Å². The van der Waals surface area contributed by atoms with Crippen LogP contribution in [-0.2, 0) is 0 Å². The van der Waals surface area contributed by atoms with Crippen molar-refractivity contribution >= 4 is 0 Å². The maximum Gasteiger partial charge on any atom is -0.00162 e. The molecule has 0 aliphatic heterocycles. The summed E-state index contributed by atoms with van der Waals surface area (Å²) in [5.74, 6) is 0.883. The van der Waals surface area contributed by atoms with Gasteiger partial charge in [0.25, 0.3) is 0 Å². The molecule has 1 nitrogen and oxygen atoms in total. The minimum absolute atomic E-state index is 0.883. The molecule has 1 aliphatic rings. The Balaban J connectivity index is 2.31. The Morgan fingerprint density at radius 2 is 2.08 bits per heavy atom. The zero-order chi connectivity index (χ0) is 9.84. The predicted molar refractivity (Wildman–Crippen MR) is 58.9 cm³/mol. The minimum atomic E-state index is 0.883. The van der Waals surface area contributed by atoms with Gasteiger partial charge in [0.15, 0.2) is 0 Å². The SMILES string of the molecule is CCN(C)CCC1CCC(C)=C1C. The molecule has 13 heavy (non-hydrogen) atoms. The van der Waals surface area contributed by atoms with Crippen LogP contribution in [0.4, 0.5) is 0 Å². The summed E-state index contributed by atoms with van der Waals surface area (Å²) >= 11 is 0. The second-order valence-electron chi connectivity index (χ2n) is 4.38. The number of rotatable bonds is 4. The smallest absolute Gasteiger partial charge is 0.00162 e. The monoisotopic (exact) mass is 181 g/mol. The Morgan fingerprint density at radius 3 is 2.54 bits per heavy atom. The van der Waals surface area contributed by atoms with E-state index in [9.17, 15) is 0 Å². The van der Waals surface area contributed by atoms with E-state index in [1.165, 1.54) is 32.4 Å². The summed E-state index contributed by atoms with van der Waals surface area (Å²) in [5, 5.41) is 0. The summed E-state index contributed by atoms with van der Waals surface area (Å²) in [7, 11) is 2.21. The van der Waals surface area contributed by atoms with Crippen molar-refractivity contribution in [2.24, 2.45) is 5.92 Å². The lowest BCUT2D eigenvalue weighted by Gasteiger charge is -2.18. The van der Waals surface area contributed by atoms with Gasteiger partial charge in [-0.25, -0.2) is 0 Å². The largest absolute Gasteiger partial charge is 0.307 e. The van der Waals surface area contributed by atoms with Gasteiger partial charge in [0.2, 0.25) is 0 Å². The van der Waals surface area contributed by atoms with Gasteiger partial charge in [0.1, 0.15) is 0 Å². The topological polar surface area (TPSA) is 3.24 Å². The Bertz CT molecular complexity index is 193. The summed E-state index contributed by atoms with van der Waals surface area (Å²) < 4.78 is 0. The molecule has 1 heteroatoms. The quantitative estimate of drug-likeness (QED) is 0.602. The molecule has 0 amide bonds. The highest BCUT2D eigenvalue weighted by molar-refractivity contribution is 5.18. The average Bonchev–Trinajstić information content (AvgIpc) is 2.44. The first-order valence-corrected chi connectivity index (χ1v) is 5.50. The third-order valence-corrected chi connectivity index (χ3v) is 3.55. The maximum absolute atomic E-state index is 2.40. The van der Waals surface area contributed by atoms with Crippen LogP contribution in [0.1, 0.15) is 40.0 Å². The third-order valence-electron chi connectivity index (χ3n) is 3.55. The van der Waals surface area contributed by atoms with Crippen LogP contribution in [-0.4, -0.2) is 25.0 Å². The van der Waals surface area contributed by atoms with Crippen LogP contribution in [0.5, 0.6) is 0 Å². The fourth-order valence-corrected chi connectivity index (χ4v) is 2.05. The predicted octanol–water partition coefficient (Wildman–Crippen LogP) is 3.07. The van der Waals surface area contributed by atoms with Gasteiger partial charge in [-0.15, -0.1) is 0 Å². The highest BCUT2D eigenvalue weighted by atomic mass is 15.1. The van der Waals surface area contributed by atoms with Crippen molar-refractivity contribution < 1.29 is 0 Å². The standard InChI is InChI=1S/C12H23N/c1-5-13(4)9-8-12-7-6-10(2)11(12)3/h12H,5-9H2,1-4H3. The second kappa shape index (κ2) is 4.80. The molecular formula is C12H23N. The van der Waals surface area contributed by atoms with E-state index in [2.05, 4.69) is 32.7 Å². The lowest BCUT2D eigenvalue weighted by molar-refractivity contribution is 0.324. The molecule has 0 aromatic rings. The summed E-state index contributed by atoms with van der Waals surface area (Å²) in [6, 6.07) is 0. The van der Waals surface area contributed by atoms with Gasteiger partial charge in [0.05, 0.1) is 0 Å². The van der Waals surface area contributed by atoms with Crippen LogP contribution in [0, 0.1) is 5.92 Å². The van der Waals surface area contributed by atoms with Crippen LogP contribution < -0.4 is 0 Å². The third kappa shape index (κ3) is 2.84. The molecular weight excluding hydrogens is 158 g/mol. The fourth-order valence-electron chi connectivity index (χ4n) is 2.05. The molecule has 0 fully saturated rings. The first-order valence-electron chi connectivity index (χ1n) is 5.50. The number of hydrogen-bond acceptors (Lipinski definition) is 1. The molecule has 0 aromatic heterocycles. The van der Waals surface area contributed by atoms with Crippen LogP contribution in [0.15, 0.2) is 11.1 Å². The van der Waals surface area contributed by atoms with Crippen molar-refractivity contribution in [3.63, 3.8) is 0 Å². The zero-order valence-corrected chi connectivity index (χ0v) is 9.56. The van der Waals surface area contributed by atoms with Crippen LogP contribution in [0.2, 0.25) is 0 Å². The highest BCUT2D eigenvalue weighted by Gasteiger charge is 2.19. The highest BCUT2D eigenvalue weighted by Crippen LogP contribution is 2.33. The molecule has 0 spiro atoms. The zero-order valence-electron chi connectivity index (χ0n) is 9.56. The Kier molecular flexibility index (Phi) is 3.98. The van der Waals surface area contributed by atoms with Gasteiger partial charge >= 0.3 is 0 Å². The van der Waals surface area contributed by atoms with Crippen molar-refractivity contribution in [3.8, 4) is 0 Å². The van der Waals surface area contributed by atoms with E-state index in [0.717, 1.165) is 5.92 Å². The maximum atomic E-state index is 2.40. The van der Waals surface area contributed by atoms with Crippen LogP contribution >= 0.6 is 0 Å². The summed E-state index contributed by atoms with van der Waals surface area (Å²) in [6.07, 6.45) is 4.09. The van der Waals surface area contributed by atoms with Gasteiger partial charge < -0.3 is 4.90 Å². The van der Waals surface area contributed by atoms with Crippen molar-refractivity contribution in [1.29, 1.82) is 0 Å². The van der Waals surface area contributed by atoms with Crippen LogP contribution in [0.3, 0.4) is 0 Å². The first kappa shape index (κ1) is 10.8. The minimum Gasteiger partial charge on any atom is -0.307 e. The number of allylic oxidation sites excluding steroid dienone is 2. The number of nitrogens with zero attached hydrogens (tertiary/aromatic N) is 1. The first-order chi connectivity index (χ1) is 6.15. The second-order valence-corrected chi connectivity index (χ2v) is 4.38. The van der Waals surface area contributed by atoms with Crippen LogP contribution in [0.25, 0.3) is 0 Å². The van der Waals surface area contributed by atoms with Crippen molar-refractivity contribution in [1.82, 2.24) is 4.90 Å². The van der Waals surface area contributed by atoms with Crippen molar-refractivity contribution in [2.75, 3.05) is 20.1 Å². The normalized spacial score (nSPS) is 23.3. The molecule has 1 unspecified atom stereocenters. The van der Waals surface area contributed by atoms with Gasteiger partial charge in [0, 0.05) is 0 Å². The molecule has 1 rings (SSSR count). The van der Waals surface area contributed by atoms with E-state index >= 15 is 0 Å². The average molecular weight is 181 g/mol. The molecule has 1 atom stereocenters. The van der Waals surface area contributed by atoms with E-state index in [1.54, 1.807) is 11.1 Å². The van der Waals surface area contributed by atoms with Crippen molar-refractivity contribution in [2.45, 2.75) is 40.0 Å². The molecule has 0 bridgehead atoms. The molecule has 1 aliphatic carbocycles. The van der Waals surface area contributed by atoms with Gasteiger partial charge in [-0.05, 0) is 59.2 Å². The lowest BCUT2D eigenvalue weighted by atomic mass is 9.98. The summed E-state index contributed by atoms with van der Waals surface area (Å²) in [4.78, 5) is 2.40. The lowest BCUT2D eigenvalue weighted by Crippen LogP contribution is -2.20. The fraction of sp³-hybridized carbons (Fsp3) is 0.833. The Hall–Kier alpha value is -0.300. The summed E-state index contributed by atoms with van der Waals surface area (Å²) in [5.41, 5.74) is 3.31. The Morgan fingerprint density at radius 1 is 1.38 bits per heavy atom. The molecule has 0 saturated carbocycles.